The number of halogens is 3. The Labute approximate surface area is 103 Å². The lowest BCUT2D eigenvalue weighted by atomic mass is 10.2. The summed E-state index contributed by atoms with van der Waals surface area (Å²) in [6, 6.07) is 3.26. The fourth-order valence-corrected chi connectivity index (χ4v) is 2.51. The molecule has 0 fully saturated rings. The third-order valence-corrected chi connectivity index (χ3v) is 3.26. The summed E-state index contributed by atoms with van der Waals surface area (Å²) in [6.45, 7) is 1.86. The molecule has 0 saturated carbocycles. The first kappa shape index (κ1) is 11.4. The van der Waals surface area contributed by atoms with Gasteiger partial charge in [0.15, 0.2) is 0 Å². The largest absolute Gasteiger partial charge is 0.449 e. The zero-order chi connectivity index (χ0) is 12.9. The van der Waals surface area contributed by atoms with Crippen LogP contribution in [-0.2, 0) is 12.7 Å². The molecule has 0 aliphatic heterocycles. The van der Waals surface area contributed by atoms with E-state index in [1.807, 2.05) is 0 Å². The molecule has 0 aliphatic rings. The Morgan fingerprint density at radius 3 is 2.67 bits per heavy atom. The minimum absolute atomic E-state index is 0.203. The van der Waals surface area contributed by atoms with Crippen molar-refractivity contribution in [3.05, 3.63) is 18.0 Å². The SMILES string of the molecule is CCn1c(C(F)(F)F)nc2c3nsnc3ccc21. The maximum atomic E-state index is 12.9. The summed E-state index contributed by atoms with van der Waals surface area (Å²) in [6.07, 6.45) is -4.47. The van der Waals surface area contributed by atoms with E-state index in [1.54, 1.807) is 19.1 Å². The smallest absolute Gasteiger partial charge is 0.321 e. The van der Waals surface area contributed by atoms with Crippen molar-refractivity contribution < 1.29 is 13.2 Å². The van der Waals surface area contributed by atoms with Gasteiger partial charge in [0.2, 0.25) is 5.82 Å². The molecule has 4 nitrogen and oxygen atoms in total. The summed E-state index contributed by atoms with van der Waals surface area (Å²) in [4.78, 5) is 3.70. The fourth-order valence-electron chi connectivity index (χ4n) is 1.97. The second-order valence-electron chi connectivity index (χ2n) is 3.74. The molecule has 2 heterocycles. The number of hydrogen-bond donors (Lipinski definition) is 0. The number of rotatable bonds is 1. The highest BCUT2D eigenvalue weighted by atomic mass is 32.1. The van der Waals surface area contributed by atoms with E-state index in [9.17, 15) is 13.2 Å². The Balaban J connectivity index is 2.45. The van der Waals surface area contributed by atoms with E-state index in [4.69, 9.17) is 0 Å². The molecule has 0 saturated heterocycles. The van der Waals surface area contributed by atoms with Crippen molar-refractivity contribution in [1.29, 1.82) is 0 Å². The van der Waals surface area contributed by atoms with Gasteiger partial charge in [0, 0.05) is 6.54 Å². The van der Waals surface area contributed by atoms with Crippen LogP contribution in [0, 0.1) is 0 Å². The normalized spacial score (nSPS) is 12.7. The molecule has 0 bridgehead atoms. The van der Waals surface area contributed by atoms with Gasteiger partial charge in [0.25, 0.3) is 0 Å². The van der Waals surface area contributed by atoms with Gasteiger partial charge >= 0.3 is 6.18 Å². The zero-order valence-corrected chi connectivity index (χ0v) is 10.0. The minimum atomic E-state index is -4.47. The molecule has 0 amide bonds. The number of nitrogens with zero attached hydrogens (tertiary/aromatic N) is 4. The summed E-state index contributed by atoms with van der Waals surface area (Å²) in [5.74, 6) is -0.888. The van der Waals surface area contributed by atoms with E-state index in [0.29, 0.717) is 16.6 Å². The van der Waals surface area contributed by atoms with Gasteiger partial charge in [-0.1, -0.05) is 0 Å². The lowest BCUT2D eigenvalue weighted by Crippen LogP contribution is -2.14. The highest BCUT2D eigenvalue weighted by Gasteiger charge is 2.37. The van der Waals surface area contributed by atoms with Crippen LogP contribution in [0.4, 0.5) is 13.2 Å². The molecule has 2 aromatic heterocycles. The Hall–Kier alpha value is -1.70. The van der Waals surface area contributed by atoms with Crippen LogP contribution < -0.4 is 0 Å². The molecule has 0 radical (unpaired) electrons. The monoisotopic (exact) mass is 272 g/mol. The van der Waals surface area contributed by atoms with E-state index in [-0.39, 0.29) is 12.1 Å². The summed E-state index contributed by atoms with van der Waals surface area (Å²) in [5, 5.41) is 0. The second-order valence-corrected chi connectivity index (χ2v) is 4.27. The minimum Gasteiger partial charge on any atom is -0.321 e. The zero-order valence-electron chi connectivity index (χ0n) is 9.19. The molecule has 94 valence electrons. The van der Waals surface area contributed by atoms with E-state index in [1.165, 1.54) is 0 Å². The van der Waals surface area contributed by atoms with Crippen molar-refractivity contribution in [3.8, 4) is 0 Å². The molecule has 0 aliphatic carbocycles. The molecule has 1 aromatic carbocycles. The van der Waals surface area contributed by atoms with Gasteiger partial charge in [0.05, 0.1) is 17.2 Å². The van der Waals surface area contributed by atoms with Crippen LogP contribution in [0.25, 0.3) is 22.1 Å². The quantitative estimate of drug-likeness (QED) is 0.683. The highest BCUT2D eigenvalue weighted by molar-refractivity contribution is 7.00. The Bertz CT molecular complexity index is 728. The maximum Gasteiger partial charge on any atom is 0.449 e. The summed E-state index contributed by atoms with van der Waals surface area (Å²) in [5.41, 5.74) is 1.69. The average molecular weight is 272 g/mol. The number of alkyl halides is 3. The van der Waals surface area contributed by atoms with Crippen molar-refractivity contribution in [1.82, 2.24) is 18.3 Å². The van der Waals surface area contributed by atoms with E-state index in [0.717, 1.165) is 16.3 Å². The van der Waals surface area contributed by atoms with Crippen LogP contribution in [-0.4, -0.2) is 18.3 Å². The molecule has 0 spiro atoms. The number of imidazole rings is 1. The molecular formula is C10H7F3N4S. The Morgan fingerprint density at radius 1 is 1.22 bits per heavy atom. The third-order valence-electron chi connectivity index (χ3n) is 2.71. The summed E-state index contributed by atoms with van der Waals surface area (Å²) in [7, 11) is 0. The average Bonchev–Trinajstić information content (AvgIpc) is 2.90. The van der Waals surface area contributed by atoms with Crippen LogP contribution in [0.3, 0.4) is 0 Å². The van der Waals surface area contributed by atoms with Gasteiger partial charge in [-0.15, -0.1) is 0 Å². The van der Waals surface area contributed by atoms with Crippen LogP contribution in [0.1, 0.15) is 12.7 Å². The van der Waals surface area contributed by atoms with Crippen LogP contribution >= 0.6 is 11.7 Å². The molecule has 0 N–H and O–H groups in total. The number of fused-ring (bicyclic) bond motifs is 3. The first-order chi connectivity index (χ1) is 8.52. The summed E-state index contributed by atoms with van der Waals surface area (Å²) < 4.78 is 47.8. The topological polar surface area (TPSA) is 43.6 Å². The Morgan fingerprint density at radius 2 is 2.00 bits per heavy atom. The lowest BCUT2D eigenvalue weighted by molar-refractivity contribution is -0.146. The maximum absolute atomic E-state index is 12.9. The summed E-state index contributed by atoms with van der Waals surface area (Å²) >= 11 is 0.967. The van der Waals surface area contributed by atoms with Crippen molar-refractivity contribution >= 4 is 33.8 Å². The van der Waals surface area contributed by atoms with Crippen molar-refractivity contribution in [2.24, 2.45) is 0 Å². The van der Waals surface area contributed by atoms with Crippen molar-refractivity contribution in [3.63, 3.8) is 0 Å². The molecule has 3 rings (SSSR count). The molecule has 8 heteroatoms. The van der Waals surface area contributed by atoms with Crippen LogP contribution in [0.2, 0.25) is 0 Å². The van der Waals surface area contributed by atoms with E-state index >= 15 is 0 Å². The van der Waals surface area contributed by atoms with Gasteiger partial charge in [0.1, 0.15) is 16.6 Å². The highest BCUT2D eigenvalue weighted by Crippen LogP contribution is 2.33. The van der Waals surface area contributed by atoms with Crippen LogP contribution in [0.5, 0.6) is 0 Å². The fraction of sp³-hybridized carbons (Fsp3) is 0.300. The standard InChI is InChI=1S/C10H7F3N4S/c1-2-17-6-4-3-5-7(16-18-15-5)8(6)14-9(17)10(11,12)13/h3-4H,2H2,1H3. The molecule has 0 atom stereocenters. The lowest BCUT2D eigenvalue weighted by Gasteiger charge is -2.08. The number of benzene rings is 1. The first-order valence-electron chi connectivity index (χ1n) is 5.21. The number of aryl methyl sites for hydroxylation is 1. The molecule has 0 unspecified atom stereocenters. The van der Waals surface area contributed by atoms with Gasteiger partial charge in [-0.2, -0.15) is 21.9 Å². The van der Waals surface area contributed by atoms with Gasteiger partial charge in [-0.3, -0.25) is 0 Å². The molecule has 18 heavy (non-hydrogen) atoms. The second kappa shape index (κ2) is 3.64. The van der Waals surface area contributed by atoms with Gasteiger partial charge in [-0.25, -0.2) is 4.98 Å². The van der Waals surface area contributed by atoms with Crippen molar-refractivity contribution in [2.75, 3.05) is 0 Å². The predicted octanol–water partition coefficient (Wildman–Crippen LogP) is 3.08. The third kappa shape index (κ3) is 1.48. The van der Waals surface area contributed by atoms with E-state index in [2.05, 4.69) is 13.7 Å². The first-order valence-corrected chi connectivity index (χ1v) is 5.94. The van der Waals surface area contributed by atoms with Crippen molar-refractivity contribution in [2.45, 2.75) is 19.6 Å². The van der Waals surface area contributed by atoms with Crippen LogP contribution in [0.15, 0.2) is 12.1 Å². The molecule has 3 aromatic rings. The van der Waals surface area contributed by atoms with E-state index < -0.39 is 12.0 Å². The van der Waals surface area contributed by atoms with Gasteiger partial charge in [-0.05, 0) is 19.1 Å². The number of aromatic nitrogens is 4. The Kier molecular flexibility index (Phi) is 2.31. The predicted molar refractivity (Wildman–Crippen MR) is 61.4 cm³/mol. The van der Waals surface area contributed by atoms with Gasteiger partial charge < -0.3 is 4.57 Å². The molecular weight excluding hydrogens is 265 g/mol. The number of hydrogen-bond acceptors (Lipinski definition) is 4.